The fourth-order valence-electron chi connectivity index (χ4n) is 2.18. The summed E-state index contributed by atoms with van der Waals surface area (Å²) in [6.07, 6.45) is 0. The van der Waals surface area contributed by atoms with Crippen LogP contribution in [0.15, 0.2) is 63.9 Å². The first-order chi connectivity index (χ1) is 11.1. The Balaban J connectivity index is 1.79. The molecule has 2 aromatic carbocycles. The SMILES string of the molecule is NC(=O)c1oc2ccccc2c1NC(=O)CSc1ccccc1. The molecule has 1 heterocycles. The van der Waals surface area contributed by atoms with Gasteiger partial charge in [-0.05, 0) is 24.3 Å². The topological polar surface area (TPSA) is 85.3 Å². The Kier molecular flexibility index (Phi) is 4.34. The van der Waals surface area contributed by atoms with Gasteiger partial charge < -0.3 is 15.5 Å². The van der Waals surface area contributed by atoms with E-state index in [9.17, 15) is 9.59 Å². The molecule has 3 aromatic rings. The van der Waals surface area contributed by atoms with E-state index in [1.54, 1.807) is 24.3 Å². The van der Waals surface area contributed by atoms with Crippen molar-refractivity contribution in [2.75, 3.05) is 11.1 Å². The number of primary amides is 1. The molecule has 2 amide bonds. The van der Waals surface area contributed by atoms with E-state index in [-0.39, 0.29) is 17.4 Å². The Hall–Kier alpha value is -2.73. The number of rotatable bonds is 5. The molecule has 0 spiro atoms. The van der Waals surface area contributed by atoms with Gasteiger partial charge in [-0.2, -0.15) is 0 Å². The Morgan fingerprint density at radius 1 is 1.04 bits per heavy atom. The quantitative estimate of drug-likeness (QED) is 0.705. The van der Waals surface area contributed by atoms with Crippen molar-refractivity contribution < 1.29 is 14.0 Å². The molecule has 0 fully saturated rings. The van der Waals surface area contributed by atoms with E-state index in [1.807, 2.05) is 30.3 Å². The Bertz CT molecular complexity index is 859. The average molecular weight is 326 g/mol. The number of fused-ring (bicyclic) bond motifs is 1. The van der Waals surface area contributed by atoms with Crippen LogP contribution in [0.4, 0.5) is 5.69 Å². The van der Waals surface area contributed by atoms with E-state index in [4.69, 9.17) is 10.2 Å². The molecular formula is C17H14N2O3S. The maximum Gasteiger partial charge on any atom is 0.286 e. The molecule has 0 unspecified atom stereocenters. The Morgan fingerprint density at radius 3 is 2.48 bits per heavy atom. The van der Waals surface area contributed by atoms with Gasteiger partial charge in [-0.3, -0.25) is 9.59 Å². The van der Waals surface area contributed by atoms with Crippen molar-refractivity contribution >= 4 is 40.2 Å². The van der Waals surface area contributed by atoms with Gasteiger partial charge in [0.25, 0.3) is 5.91 Å². The monoisotopic (exact) mass is 326 g/mol. The minimum absolute atomic E-state index is 0.0377. The molecule has 1 aromatic heterocycles. The van der Waals surface area contributed by atoms with Crippen molar-refractivity contribution in [2.24, 2.45) is 5.73 Å². The fourth-order valence-corrected chi connectivity index (χ4v) is 2.90. The summed E-state index contributed by atoms with van der Waals surface area (Å²) in [5.74, 6) is -0.758. The van der Waals surface area contributed by atoms with Crippen LogP contribution < -0.4 is 11.1 Å². The normalized spacial score (nSPS) is 10.6. The maximum atomic E-state index is 12.2. The van der Waals surface area contributed by atoms with Crippen molar-refractivity contribution in [3.8, 4) is 0 Å². The summed E-state index contributed by atoms with van der Waals surface area (Å²) in [7, 11) is 0. The number of hydrogen-bond donors (Lipinski definition) is 2. The van der Waals surface area contributed by atoms with Gasteiger partial charge in [0.1, 0.15) is 11.3 Å². The number of thioether (sulfide) groups is 1. The van der Waals surface area contributed by atoms with E-state index in [0.717, 1.165) is 4.90 Å². The van der Waals surface area contributed by atoms with E-state index in [2.05, 4.69) is 5.32 Å². The molecule has 0 aliphatic rings. The third-order valence-corrected chi connectivity index (χ3v) is 4.21. The number of anilines is 1. The molecule has 3 rings (SSSR count). The standard InChI is InChI=1S/C17H14N2O3S/c18-17(21)16-15(12-8-4-5-9-13(12)22-16)19-14(20)10-23-11-6-2-1-3-7-11/h1-9H,10H2,(H2,18,21)(H,19,20). The predicted octanol–water partition coefficient (Wildman–Crippen LogP) is 3.26. The summed E-state index contributed by atoms with van der Waals surface area (Å²) in [5, 5.41) is 3.38. The van der Waals surface area contributed by atoms with Crippen molar-refractivity contribution in [1.29, 1.82) is 0 Å². The molecule has 0 saturated heterocycles. The van der Waals surface area contributed by atoms with Gasteiger partial charge in [0.2, 0.25) is 11.7 Å². The van der Waals surface area contributed by atoms with Gasteiger partial charge in [-0.1, -0.05) is 30.3 Å². The number of amides is 2. The second-order valence-corrected chi connectivity index (χ2v) is 5.87. The van der Waals surface area contributed by atoms with Gasteiger partial charge in [0, 0.05) is 10.3 Å². The number of nitrogens with two attached hydrogens (primary N) is 1. The number of nitrogens with one attached hydrogen (secondary N) is 1. The summed E-state index contributed by atoms with van der Waals surface area (Å²) < 4.78 is 5.43. The highest BCUT2D eigenvalue weighted by Crippen LogP contribution is 2.30. The lowest BCUT2D eigenvalue weighted by atomic mass is 10.2. The first-order valence-corrected chi connectivity index (χ1v) is 7.93. The smallest absolute Gasteiger partial charge is 0.286 e. The minimum atomic E-state index is -0.716. The summed E-state index contributed by atoms with van der Waals surface area (Å²) in [6, 6.07) is 16.7. The first-order valence-electron chi connectivity index (χ1n) is 6.94. The van der Waals surface area contributed by atoms with Crippen LogP contribution in [0.1, 0.15) is 10.6 Å². The third kappa shape index (κ3) is 3.37. The molecule has 0 saturated carbocycles. The maximum absolute atomic E-state index is 12.2. The van der Waals surface area contributed by atoms with E-state index < -0.39 is 5.91 Å². The van der Waals surface area contributed by atoms with Crippen molar-refractivity contribution in [3.63, 3.8) is 0 Å². The molecule has 3 N–H and O–H groups in total. The predicted molar refractivity (Wildman–Crippen MR) is 90.5 cm³/mol. The number of carbonyl (C=O) groups excluding carboxylic acids is 2. The van der Waals surface area contributed by atoms with Crippen LogP contribution in [0.25, 0.3) is 11.0 Å². The van der Waals surface area contributed by atoms with E-state index >= 15 is 0 Å². The molecule has 6 heteroatoms. The Labute approximate surface area is 136 Å². The molecule has 116 valence electrons. The second-order valence-electron chi connectivity index (χ2n) is 4.82. The van der Waals surface area contributed by atoms with E-state index in [0.29, 0.717) is 16.7 Å². The highest BCUT2D eigenvalue weighted by atomic mass is 32.2. The van der Waals surface area contributed by atoms with Crippen molar-refractivity contribution in [1.82, 2.24) is 0 Å². The van der Waals surface area contributed by atoms with Gasteiger partial charge in [0.05, 0.1) is 5.75 Å². The largest absolute Gasteiger partial charge is 0.449 e. The zero-order chi connectivity index (χ0) is 16.2. The van der Waals surface area contributed by atoms with Gasteiger partial charge in [-0.25, -0.2) is 0 Å². The van der Waals surface area contributed by atoms with Crippen LogP contribution >= 0.6 is 11.8 Å². The molecule has 0 aliphatic heterocycles. The number of benzene rings is 2. The van der Waals surface area contributed by atoms with Crippen LogP contribution in [0, 0.1) is 0 Å². The fraction of sp³-hybridized carbons (Fsp3) is 0.0588. The summed E-state index contributed by atoms with van der Waals surface area (Å²) in [5.41, 5.74) is 6.16. The molecule has 0 bridgehead atoms. The summed E-state index contributed by atoms with van der Waals surface area (Å²) >= 11 is 1.41. The molecule has 0 aliphatic carbocycles. The molecule has 0 radical (unpaired) electrons. The first kappa shape index (κ1) is 15.2. The highest BCUT2D eigenvalue weighted by Gasteiger charge is 2.20. The lowest BCUT2D eigenvalue weighted by Gasteiger charge is -2.05. The highest BCUT2D eigenvalue weighted by molar-refractivity contribution is 8.00. The zero-order valence-corrected chi connectivity index (χ0v) is 12.9. The number of hydrogen-bond acceptors (Lipinski definition) is 4. The van der Waals surface area contributed by atoms with Crippen LogP contribution in [-0.2, 0) is 4.79 Å². The number of para-hydroxylation sites is 1. The number of carbonyl (C=O) groups is 2. The third-order valence-electron chi connectivity index (χ3n) is 3.20. The molecule has 0 atom stereocenters. The molecular weight excluding hydrogens is 312 g/mol. The van der Waals surface area contributed by atoms with Gasteiger partial charge in [0.15, 0.2) is 0 Å². The second kappa shape index (κ2) is 6.58. The van der Waals surface area contributed by atoms with Gasteiger partial charge >= 0.3 is 0 Å². The summed E-state index contributed by atoms with van der Waals surface area (Å²) in [4.78, 5) is 24.7. The van der Waals surface area contributed by atoms with Crippen LogP contribution in [0.5, 0.6) is 0 Å². The van der Waals surface area contributed by atoms with Gasteiger partial charge in [-0.15, -0.1) is 11.8 Å². The average Bonchev–Trinajstić information content (AvgIpc) is 2.93. The number of furan rings is 1. The molecule has 5 nitrogen and oxygen atoms in total. The van der Waals surface area contributed by atoms with E-state index in [1.165, 1.54) is 11.8 Å². The zero-order valence-electron chi connectivity index (χ0n) is 12.1. The van der Waals surface area contributed by atoms with Crippen LogP contribution in [0.2, 0.25) is 0 Å². The Morgan fingerprint density at radius 2 is 1.74 bits per heavy atom. The van der Waals surface area contributed by atoms with Crippen molar-refractivity contribution in [3.05, 3.63) is 60.4 Å². The minimum Gasteiger partial charge on any atom is -0.449 e. The van der Waals surface area contributed by atoms with Crippen LogP contribution in [0.3, 0.4) is 0 Å². The van der Waals surface area contributed by atoms with Crippen LogP contribution in [-0.4, -0.2) is 17.6 Å². The lowest BCUT2D eigenvalue weighted by Crippen LogP contribution is -2.18. The summed E-state index contributed by atoms with van der Waals surface area (Å²) in [6.45, 7) is 0. The molecule has 23 heavy (non-hydrogen) atoms. The van der Waals surface area contributed by atoms with Crippen molar-refractivity contribution in [2.45, 2.75) is 4.90 Å². The lowest BCUT2D eigenvalue weighted by molar-refractivity contribution is -0.113.